The third kappa shape index (κ3) is 2.16. The third-order valence-corrected chi connectivity index (χ3v) is 2.77. The smallest absolute Gasteiger partial charge is 0.138 e. The number of aliphatic hydroxyl groups is 1. The van der Waals surface area contributed by atoms with E-state index < -0.39 is 11.5 Å². The van der Waals surface area contributed by atoms with E-state index in [1.54, 1.807) is 26.0 Å². The minimum absolute atomic E-state index is 0.0929. The summed E-state index contributed by atoms with van der Waals surface area (Å²) in [6.45, 7) is 3.51. The first-order valence-corrected chi connectivity index (χ1v) is 5.02. The zero-order chi connectivity index (χ0) is 12.3. The van der Waals surface area contributed by atoms with Crippen molar-refractivity contribution in [2.45, 2.75) is 19.9 Å². The summed E-state index contributed by atoms with van der Waals surface area (Å²) in [5.74, 6) is -0.0981. The van der Waals surface area contributed by atoms with Crippen LogP contribution in [0.15, 0.2) is 18.2 Å². The number of hydrogen-bond donors (Lipinski definition) is 3. The van der Waals surface area contributed by atoms with Crippen molar-refractivity contribution in [1.82, 2.24) is 0 Å². The van der Waals surface area contributed by atoms with Gasteiger partial charge in [-0.25, -0.2) is 0 Å². The summed E-state index contributed by atoms with van der Waals surface area (Å²) >= 11 is 0. The summed E-state index contributed by atoms with van der Waals surface area (Å²) in [6, 6.07) is 6.23. The van der Waals surface area contributed by atoms with Crippen LogP contribution in [0.25, 0.3) is 0 Å². The fourth-order valence-corrected chi connectivity index (χ4v) is 1.42. The Morgan fingerprint density at radius 3 is 2.62 bits per heavy atom. The highest BCUT2D eigenvalue weighted by Gasteiger charge is 2.29. The highest BCUT2D eigenvalue weighted by atomic mass is 16.3. The minimum Gasteiger partial charge on any atom is -0.506 e. The summed E-state index contributed by atoms with van der Waals surface area (Å²) < 4.78 is 0. The summed E-state index contributed by atoms with van der Waals surface area (Å²) in [6.07, 6.45) is 0. The third-order valence-electron chi connectivity index (χ3n) is 2.77. The van der Waals surface area contributed by atoms with E-state index in [2.05, 4.69) is 0 Å². The number of para-hydroxylation sites is 1. The molecule has 4 heteroatoms. The Morgan fingerprint density at radius 1 is 1.50 bits per heavy atom. The molecule has 4 nitrogen and oxygen atoms in total. The summed E-state index contributed by atoms with van der Waals surface area (Å²) in [5, 5.41) is 27.8. The van der Waals surface area contributed by atoms with E-state index in [0.717, 1.165) is 0 Å². The number of nitrogens with two attached hydrogens (primary N) is 1. The van der Waals surface area contributed by atoms with Crippen molar-refractivity contribution in [2.24, 2.45) is 11.1 Å². The Balaban J connectivity index is 3.20. The predicted octanol–water partition coefficient (Wildman–Crippen LogP) is 1.28. The molecular weight excluding hydrogens is 204 g/mol. The van der Waals surface area contributed by atoms with E-state index in [4.69, 9.17) is 11.0 Å². The molecule has 0 spiro atoms. The van der Waals surface area contributed by atoms with Crippen LogP contribution in [0.3, 0.4) is 0 Å². The number of aliphatic hydroxyl groups excluding tert-OH is 1. The van der Waals surface area contributed by atoms with Gasteiger partial charge in [-0.15, -0.1) is 0 Å². The maximum Gasteiger partial charge on any atom is 0.138 e. The van der Waals surface area contributed by atoms with Crippen LogP contribution in [0.2, 0.25) is 0 Å². The molecule has 0 radical (unpaired) electrons. The largest absolute Gasteiger partial charge is 0.506 e. The van der Waals surface area contributed by atoms with Crippen LogP contribution in [0.4, 0.5) is 0 Å². The van der Waals surface area contributed by atoms with Gasteiger partial charge in [-0.3, -0.25) is 0 Å². The van der Waals surface area contributed by atoms with Gasteiger partial charge in [-0.05, 0) is 6.07 Å². The summed E-state index contributed by atoms with van der Waals surface area (Å²) in [7, 11) is 0. The Morgan fingerprint density at radius 2 is 2.12 bits per heavy atom. The average Bonchev–Trinajstić information content (AvgIpc) is 2.28. The minimum atomic E-state index is -0.550. The second-order valence-corrected chi connectivity index (χ2v) is 4.48. The second-order valence-electron chi connectivity index (χ2n) is 4.48. The average molecular weight is 220 g/mol. The molecule has 0 unspecified atom stereocenters. The second kappa shape index (κ2) is 4.52. The lowest BCUT2D eigenvalue weighted by molar-refractivity contribution is 0.131. The molecule has 0 aliphatic carbocycles. The van der Waals surface area contributed by atoms with Gasteiger partial charge in [0.15, 0.2) is 0 Å². The first kappa shape index (κ1) is 12.5. The number of phenols is 1. The number of aromatic hydroxyl groups is 1. The van der Waals surface area contributed by atoms with Crippen LogP contribution in [-0.4, -0.2) is 16.8 Å². The van der Waals surface area contributed by atoms with Crippen molar-refractivity contribution < 1.29 is 10.2 Å². The number of benzene rings is 1. The first-order valence-electron chi connectivity index (χ1n) is 5.02. The Bertz CT molecular complexity index is 422. The van der Waals surface area contributed by atoms with Crippen LogP contribution in [0.5, 0.6) is 5.75 Å². The summed E-state index contributed by atoms with van der Waals surface area (Å²) in [4.78, 5) is 0. The molecule has 0 saturated heterocycles. The van der Waals surface area contributed by atoms with Crippen LogP contribution in [0, 0.1) is 16.7 Å². The molecule has 0 saturated carbocycles. The molecule has 0 aliphatic rings. The molecule has 0 amide bonds. The fraction of sp³-hybridized carbons (Fsp3) is 0.417. The van der Waals surface area contributed by atoms with Crippen molar-refractivity contribution in [1.29, 1.82) is 5.26 Å². The molecule has 1 atom stereocenters. The van der Waals surface area contributed by atoms with E-state index in [1.807, 2.05) is 6.07 Å². The van der Waals surface area contributed by atoms with Crippen LogP contribution in [0.1, 0.15) is 31.0 Å². The zero-order valence-corrected chi connectivity index (χ0v) is 9.44. The fourth-order valence-electron chi connectivity index (χ4n) is 1.42. The number of nitriles is 1. The maximum absolute atomic E-state index is 9.83. The van der Waals surface area contributed by atoms with Gasteiger partial charge in [0.05, 0.1) is 5.56 Å². The molecular formula is C12H16N2O2. The molecule has 86 valence electrons. The van der Waals surface area contributed by atoms with Gasteiger partial charge in [0.1, 0.15) is 11.8 Å². The van der Waals surface area contributed by atoms with Gasteiger partial charge in [-0.1, -0.05) is 26.0 Å². The molecule has 0 aromatic heterocycles. The Kier molecular flexibility index (Phi) is 3.53. The molecule has 0 fully saturated rings. The Labute approximate surface area is 94.9 Å². The van der Waals surface area contributed by atoms with Crippen LogP contribution >= 0.6 is 0 Å². The molecule has 4 N–H and O–H groups in total. The molecule has 0 heterocycles. The quantitative estimate of drug-likeness (QED) is 0.715. The standard InChI is InChI=1S/C12H16N2O2/c1-12(2,7-15)11(14)9-5-3-4-8(6-13)10(9)16/h3-5,11,15-16H,7,14H2,1-2H3/t11-/m1/s1. The van der Waals surface area contributed by atoms with Crippen molar-refractivity contribution in [3.05, 3.63) is 29.3 Å². The van der Waals surface area contributed by atoms with Gasteiger partial charge in [0.2, 0.25) is 0 Å². The van der Waals surface area contributed by atoms with Crippen molar-refractivity contribution in [2.75, 3.05) is 6.61 Å². The van der Waals surface area contributed by atoms with E-state index in [9.17, 15) is 10.2 Å². The lowest BCUT2D eigenvalue weighted by Gasteiger charge is -2.30. The maximum atomic E-state index is 9.83. The lowest BCUT2D eigenvalue weighted by Crippen LogP contribution is -2.32. The number of phenolic OH excluding ortho intramolecular Hbond substituents is 1. The monoisotopic (exact) mass is 220 g/mol. The highest BCUT2D eigenvalue weighted by Crippen LogP contribution is 2.36. The molecule has 16 heavy (non-hydrogen) atoms. The topological polar surface area (TPSA) is 90.3 Å². The highest BCUT2D eigenvalue weighted by molar-refractivity contribution is 5.48. The van der Waals surface area contributed by atoms with Crippen molar-refractivity contribution in [3.8, 4) is 11.8 Å². The van der Waals surface area contributed by atoms with Gasteiger partial charge in [-0.2, -0.15) is 5.26 Å². The summed E-state index contributed by atoms with van der Waals surface area (Å²) in [5.41, 5.74) is 6.11. The van der Waals surface area contributed by atoms with Crippen LogP contribution < -0.4 is 5.73 Å². The van der Waals surface area contributed by atoms with Gasteiger partial charge in [0.25, 0.3) is 0 Å². The van der Waals surface area contributed by atoms with E-state index >= 15 is 0 Å². The van der Waals surface area contributed by atoms with Crippen molar-refractivity contribution in [3.63, 3.8) is 0 Å². The van der Waals surface area contributed by atoms with Gasteiger partial charge in [0, 0.05) is 23.6 Å². The molecule has 1 rings (SSSR count). The number of hydrogen-bond acceptors (Lipinski definition) is 4. The van der Waals surface area contributed by atoms with Gasteiger partial charge < -0.3 is 15.9 Å². The van der Waals surface area contributed by atoms with E-state index in [0.29, 0.717) is 5.56 Å². The SMILES string of the molecule is CC(C)(CO)[C@H](N)c1cccc(C#N)c1O. The first-order chi connectivity index (χ1) is 7.44. The molecule has 1 aromatic carbocycles. The predicted molar refractivity (Wildman–Crippen MR) is 60.6 cm³/mol. The van der Waals surface area contributed by atoms with Crippen molar-refractivity contribution >= 4 is 0 Å². The zero-order valence-electron chi connectivity index (χ0n) is 9.44. The van der Waals surface area contributed by atoms with Gasteiger partial charge >= 0.3 is 0 Å². The van der Waals surface area contributed by atoms with E-state index in [-0.39, 0.29) is 17.9 Å². The normalized spacial score (nSPS) is 13.2. The number of nitrogens with zero attached hydrogens (tertiary/aromatic N) is 1. The van der Waals surface area contributed by atoms with Crippen LogP contribution in [-0.2, 0) is 0 Å². The molecule has 0 bridgehead atoms. The molecule has 0 aliphatic heterocycles. The van der Waals surface area contributed by atoms with E-state index in [1.165, 1.54) is 6.07 Å². The molecule has 1 aromatic rings. The number of rotatable bonds is 3. The lowest BCUT2D eigenvalue weighted by atomic mass is 9.81. The Hall–Kier alpha value is -1.57.